The first-order valence-corrected chi connectivity index (χ1v) is 8.51. The Morgan fingerprint density at radius 2 is 2.10 bits per heavy atom. The fourth-order valence-corrected chi connectivity index (χ4v) is 3.93. The zero-order valence-electron chi connectivity index (χ0n) is 11.8. The number of aromatic nitrogens is 2. The molecule has 0 radical (unpaired) electrons. The number of nitrogens with zero attached hydrogens (tertiary/aromatic N) is 2. The van der Waals surface area contributed by atoms with Gasteiger partial charge < -0.3 is 5.73 Å². The molecular formula is C14H18BrN3OS. The number of halogens is 1. The molecule has 1 unspecified atom stereocenters. The van der Waals surface area contributed by atoms with E-state index < -0.39 is 10.8 Å². The molecule has 1 heterocycles. The van der Waals surface area contributed by atoms with Gasteiger partial charge in [-0.3, -0.25) is 8.89 Å². The highest BCUT2D eigenvalue weighted by Crippen LogP contribution is 2.26. The van der Waals surface area contributed by atoms with Crippen molar-refractivity contribution >= 4 is 32.4 Å². The monoisotopic (exact) mass is 355 g/mol. The molecule has 0 saturated carbocycles. The van der Waals surface area contributed by atoms with Crippen molar-refractivity contribution in [3.63, 3.8) is 0 Å². The third-order valence-corrected chi connectivity index (χ3v) is 5.56. The number of rotatable bonds is 4. The van der Waals surface area contributed by atoms with Crippen molar-refractivity contribution in [2.75, 3.05) is 5.73 Å². The molecule has 108 valence electrons. The van der Waals surface area contributed by atoms with Gasteiger partial charge in [0.2, 0.25) is 0 Å². The summed E-state index contributed by atoms with van der Waals surface area (Å²) in [5.41, 5.74) is 9.47. The van der Waals surface area contributed by atoms with Crippen LogP contribution in [-0.2, 0) is 23.1 Å². The summed E-state index contributed by atoms with van der Waals surface area (Å²) >= 11 is 3.52. The highest BCUT2D eigenvalue weighted by atomic mass is 79.9. The van der Waals surface area contributed by atoms with E-state index in [1.807, 2.05) is 43.7 Å². The van der Waals surface area contributed by atoms with E-state index in [4.69, 9.17) is 5.73 Å². The maximum atomic E-state index is 12.5. The van der Waals surface area contributed by atoms with E-state index in [-0.39, 0.29) is 0 Å². The summed E-state index contributed by atoms with van der Waals surface area (Å²) in [6.45, 7) is 6.67. The van der Waals surface area contributed by atoms with Crippen LogP contribution in [0.15, 0.2) is 27.6 Å². The number of hydrogen-bond acceptors (Lipinski definition) is 3. The molecule has 0 bridgehead atoms. The van der Waals surface area contributed by atoms with Gasteiger partial charge in [0.25, 0.3) is 0 Å². The second kappa shape index (κ2) is 6.10. The largest absolute Gasteiger partial charge is 0.398 e. The molecule has 0 aliphatic carbocycles. The van der Waals surface area contributed by atoms with Crippen molar-refractivity contribution in [3.8, 4) is 0 Å². The van der Waals surface area contributed by atoms with E-state index in [0.717, 1.165) is 28.0 Å². The first kappa shape index (κ1) is 15.3. The van der Waals surface area contributed by atoms with Gasteiger partial charge in [0, 0.05) is 12.2 Å². The van der Waals surface area contributed by atoms with Crippen molar-refractivity contribution in [1.82, 2.24) is 9.78 Å². The van der Waals surface area contributed by atoms with Gasteiger partial charge in [-0.05, 0) is 54.4 Å². The summed E-state index contributed by atoms with van der Waals surface area (Å²) in [4.78, 5) is 0.684. The third kappa shape index (κ3) is 2.96. The Hall–Kier alpha value is -1.14. The maximum Gasteiger partial charge on any atom is 0.0739 e. The van der Waals surface area contributed by atoms with Gasteiger partial charge in [-0.15, -0.1) is 0 Å². The molecule has 1 aromatic heterocycles. The van der Waals surface area contributed by atoms with Crippen LogP contribution < -0.4 is 5.73 Å². The minimum absolute atomic E-state index is 0.405. The summed E-state index contributed by atoms with van der Waals surface area (Å²) in [5.74, 6) is 0.405. The van der Waals surface area contributed by atoms with E-state index >= 15 is 0 Å². The normalized spacial score (nSPS) is 12.6. The molecule has 0 aliphatic heterocycles. The van der Waals surface area contributed by atoms with E-state index in [2.05, 4.69) is 21.0 Å². The molecule has 0 fully saturated rings. The van der Waals surface area contributed by atoms with Crippen LogP contribution >= 0.6 is 15.9 Å². The highest BCUT2D eigenvalue weighted by Gasteiger charge is 2.17. The molecule has 1 atom stereocenters. The molecule has 0 aliphatic rings. The Labute approximate surface area is 130 Å². The van der Waals surface area contributed by atoms with Crippen molar-refractivity contribution in [1.29, 1.82) is 0 Å². The average Bonchev–Trinajstić information content (AvgIpc) is 2.66. The molecule has 4 nitrogen and oxygen atoms in total. The van der Waals surface area contributed by atoms with Crippen LogP contribution in [0.5, 0.6) is 0 Å². The van der Waals surface area contributed by atoms with Crippen LogP contribution in [0.2, 0.25) is 0 Å². The van der Waals surface area contributed by atoms with E-state index in [1.54, 1.807) is 0 Å². The summed E-state index contributed by atoms with van der Waals surface area (Å²) in [7, 11) is -1.18. The summed E-state index contributed by atoms with van der Waals surface area (Å²) < 4.78 is 15.4. The molecule has 2 rings (SSSR count). The lowest BCUT2D eigenvalue weighted by Gasteiger charge is -2.08. The summed E-state index contributed by atoms with van der Waals surface area (Å²) in [6, 6.07) is 5.62. The SMILES string of the molecule is CCn1nc(C)c(Br)c1CS(=O)c1ccc(C)cc1N. The first-order chi connectivity index (χ1) is 9.43. The fourth-order valence-electron chi connectivity index (χ4n) is 2.08. The Balaban J connectivity index is 2.32. The molecule has 1 aromatic carbocycles. The van der Waals surface area contributed by atoms with Gasteiger partial charge >= 0.3 is 0 Å². The number of nitrogen functional groups attached to an aromatic ring is 1. The molecule has 2 N–H and O–H groups in total. The predicted octanol–water partition coefficient (Wildman–Crippen LogP) is 3.17. The number of nitrogens with two attached hydrogens (primary N) is 1. The van der Waals surface area contributed by atoms with E-state index in [9.17, 15) is 4.21 Å². The number of hydrogen-bond donors (Lipinski definition) is 1. The Morgan fingerprint density at radius 1 is 1.40 bits per heavy atom. The van der Waals surface area contributed by atoms with Crippen LogP contribution in [0.25, 0.3) is 0 Å². The third-order valence-electron chi connectivity index (χ3n) is 3.13. The topological polar surface area (TPSA) is 60.9 Å². The smallest absolute Gasteiger partial charge is 0.0739 e. The highest BCUT2D eigenvalue weighted by molar-refractivity contribution is 9.10. The van der Waals surface area contributed by atoms with Crippen molar-refractivity contribution in [3.05, 3.63) is 39.6 Å². The number of aryl methyl sites for hydroxylation is 3. The molecule has 20 heavy (non-hydrogen) atoms. The van der Waals surface area contributed by atoms with Gasteiger partial charge in [-0.25, -0.2) is 0 Å². The summed E-state index contributed by atoms with van der Waals surface area (Å²) in [6.07, 6.45) is 0. The van der Waals surface area contributed by atoms with Gasteiger partial charge in [-0.2, -0.15) is 5.10 Å². The number of benzene rings is 1. The zero-order chi connectivity index (χ0) is 14.9. The van der Waals surface area contributed by atoms with Crippen LogP contribution in [0, 0.1) is 13.8 Å². The second-order valence-electron chi connectivity index (χ2n) is 4.69. The predicted molar refractivity (Wildman–Crippen MR) is 86.0 cm³/mol. The van der Waals surface area contributed by atoms with Gasteiger partial charge in [0.05, 0.1) is 37.3 Å². The van der Waals surface area contributed by atoms with Crippen LogP contribution in [0.4, 0.5) is 5.69 Å². The molecule has 0 spiro atoms. The lowest BCUT2D eigenvalue weighted by Crippen LogP contribution is -2.08. The van der Waals surface area contributed by atoms with Crippen LogP contribution in [0.1, 0.15) is 23.9 Å². The van der Waals surface area contributed by atoms with Crippen molar-refractivity contribution < 1.29 is 4.21 Å². The zero-order valence-corrected chi connectivity index (χ0v) is 14.2. The summed E-state index contributed by atoms with van der Waals surface area (Å²) in [5, 5.41) is 4.42. The standard InChI is InChI=1S/C14H18BrN3OS/c1-4-18-12(14(15)10(3)17-18)8-20(19)13-6-5-9(2)7-11(13)16/h5-7H,4,8,16H2,1-3H3. The second-order valence-corrected chi connectivity index (χ2v) is 6.91. The molecule has 6 heteroatoms. The fraction of sp³-hybridized carbons (Fsp3) is 0.357. The molecule has 0 saturated heterocycles. The van der Waals surface area contributed by atoms with E-state index in [0.29, 0.717) is 16.3 Å². The van der Waals surface area contributed by atoms with Crippen molar-refractivity contribution in [2.24, 2.45) is 0 Å². The van der Waals surface area contributed by atoms with Gasteiger partial charge in [0.15, 0.2) is 0 Å². The average molecular weight is 356 g/mol. The molecule has 0 amide bonds. The van der Waals surface area contributed by atoms with Crippen LogP contribution in [-0.4, -0.2) is 14.0 Å². The number of anilines is 1. The first-order valence-electron chi connectivity index (χ1n) is 6.40. The lowest BCUT2D eigenvalue weighted by molar-refractivity contribution is 0.626. The Morgan fingerprint density at radius 3 is 2.70 bits per heavy atom. The quantitative estimate of drug-likeness (QED) is 0.856. The lowest BCUT2D eigenvalue weighted by atomic mass is 10.2. The minimum Gasteiger partial charge on any atom is -0.398 e. The Bertz CT molecular complexity index is 667. The van der Waals surface area contributed by atoms with Gasteiger partial charge in [-0.1, -0.05) is 6.07 Å². The molecular weight excluding hydrogens is 338 g/mol. The minimum atomic E-state index is -1.18. The molecule has 2 aromatic rings. The van der Waals surface area contributed by atoms with E-state index in [1.165, 1.54) is 0 Å². The van der Waals surface area contributed by atoms with Crippen molar-refractivity contribution in [2.45, 2.75) is 38.0 Å². The van der Waals surface area contributed by atoms with Gasteiger partial charge in [0.1, 0.15) is 0 Å². The Kier molecular flexibility index (Phi) is 4.65. The van der Waals surface area contributed by atoms with Crippen LogP contribution in [0.3, 0.4) is 0 Å². The maximum absolute atomic E-state index is 12.5.